The van der Waals surface area contributed by atoms with Crippen LogP contribution < -0.4 is 9.64 Å². The number of benzene rings is 2. The van der Waals surface area contributed by atoms with Gasteiger partial charge in [0.1, 0.15) is 35.7 Å². The van der Waals surface area contributed by atoms with Gasteiger partial charge >= 0.3 is 0 Å². The number of nitrogens with zero attached hydrogens (tertiary/aromatic N) is 5. The van der Waals surface area contributed by atoms with Crippen molar-refractivity contribution >= 4 is 22.6 Å². The number of halogens is 1. The van der Waals surface area contributed by atoms with E-state index in [-0.39, 0.29) is 31.1 Å². The lowest BCUT2D eigenvalue weighted by Gasteiger charge is -2.26. The zero-order valence-corrected chi connectivity index (χ0v) is 25.2. The van der Waals surface area contributed by atoms with Crippen molar-refractivity contribution in [3.05, 3.63) is 89.1 Å². The summed E-state index contributed by atoms with van der Waals surface area (Å²) < 4.78 is 26.8. The van der Waals surface area contributed by atoms with Crippen LogP contribution in [0.5, 0.6) is 5.75 Å². The Morgan fingerprint density at radius 2 is 1.87 bits per heavy atom. The third-order valence-corrected chi connectivity index (χ3v) is 9.05. The lowest BCUT2D eigenvalue weighted by Crippen LogP contribution is -2.35. The molecule has 0 bridgehead atoms. The summed E-state index contributed by atoms with van der Waals surface area (Å²) in [5, 5.41) is 11.4. The van der Waals surface area contributed by atoms with Gasteiger partial charge in [0, 0.05) is 42.3 Å². The van der Waals surface area contributed by atoms with E-state index in [2.05, 4.69) is 25.9 Å². The number of hydrogen-bond donors (Lipinski definition) is 2. The molecule has 1 saturated heterocycles. The first-order chi connectivity index (χ1) is 22.6. The highest BCUT2D eigenvalue weighted by molar-refractivity contribution is 6.09. The molecule has 1 amide bonds. The quantitative estimate of drug-likeness (QED) is 0.259. The summed E-state index contributed by atoms with van der Waals surface area (Å²) in [5.41, 5.74) is 6.32. The maximum Gasteiger partial charge on any atom is 0.265 e. The summed E-state index contributed by atoms with van der Waals surface area (Å²) in [7, 11) is 0. The second-order valence-electron chi connectivity index (χ2n) is 12.0. The van der Waals surface area contributed by atoms with Crippen LogP contribution in [0.1, 0.15) is 45.8 Å². The number of aromatic nitrogens is 4. The van der Waals surface area contributed by atoms with E-state index in [0.717, 1.165) is 73.6 Å². The van der Waals surface area contributed by atoms with Crippen LogP contribution in [0.3, 0.4) is 0 Å². The number of aliphatic hydroxyl groups is 1. The number of anilines is 1. The number of aliphatic hydroxyl groups excluding tert-OH is 1. The molecule has 5 aromatic rings. The predicted octanol–water partition coefficient (Wildman–Crippen LogP) is 5.07. The van der Waals surface area contributed by atoms with Gasteiger partial charge < -0.3 is 24.5 Å². The Balaban J connectivity index is 1.12. The molecular formula is C35H33FN6O4. The fourth-order valence-corrected chi connectivity index (χ4v) is 6.49. The van der Waals surface area contributed by atoms with Crippen molar-refractivity contribution in [1.29, 1.82) is 0 Å². The van der Waals surface area contributed by atoms with Crippen LogP contribution in [0.2, 0.25) is 0 Å². The van der Waals surface area contributed by atoms with E-state index in [1.807, 2.05) is 30.5 Å². The standard InChI is InChI=1S/C35H33FN6O4/c36-27-14-23(22-5-6-22)15-31-32(27)35(44)42(10-13-46-31)30-3-1-2-24(26(30)19-43)33-25-16-29(40-34(25)39-20-38-33)28-7-4-21(17-37-28)18-41-8-11-45-12-9-41/h1-4,7,14-17,20,22,43H,5-6,8-13,18-19H2,(H,38,39,40). The molecule has 46 heavy (non-hydrogen) atoms. The Kier molecular flexibility index (Phi) is 7.44. The summed E-state index contributed by atoms with van der Waals surface area (Å²) in [4.78, 5) is 34.9. The first kappa shape index (κ1) is 28.7. The number of pyridine rings is 1. The minimum Gasteiger partial charge on any atom is -0.491 e. The normalized spacial score (nSPS) is 17.2. The van der Waals surface area contributed by atoms with Gasteiger partial charge in [0.25, 0.3) is 5.91 Å². The average Bonchev–Trinajstić information content (AvgIpc) is 3.87. The number of morpholine rings is 1. The number of hydrogen-bond acceptors (Lipinski definition) is 8. The summed E-state index contributed by atoms with van der Waals surface area (Å²) >= 11 is 0. The zero-order valence-electron chi connectivity index (χ0n) is 25.2. The number of rotatable bonds is 7. The van der Waals surface area contributed by atoms with Crippen LogP contribution in [-0.2, 0) is 17.9 Å². The maximum atomic E-state index is 15.4. The number of carbonyl (C=O) groups excluding carboxylic acids is 1. The Morgan fingerprint density at radius 1 is 1.00 bits per heavy atom. The van der Waals surface area contributed by atoms with Crippen molar-refractivity contribution in [2.75, 3.05) is 44.4 Å². The zero-order chi connectivity index (χ0) is 31.2. The summed E-state index contributed by atoms with van der Waals surface area (Å²) in [6.07, 6.45) is 5.40. The van der Waals surface area contributed by atoms with Crippen LogP contribution in [-0.4, -0.2) is 75.3 Å². The van der Waals surface area contributed by atoms with Gasteiger partial charge in [-0.3, -0.25) is 14.7 Å². The molecular weight excluding hydrogens is 587 g/mol. The Morgan fingerprint density at radius 3 is 2.65 bits per heavy atom. The monoisotopic (exact) mass is 620 g/mol. The largest absolute Gasteiger partial charge is 0.491 e. The molecule has 2 aromatic carbocycles. The fraction of sp³-hybridized carbons (Fsp3) is 0.314. The first-order valence-electron chi connectivity index (χ1n) is 15.7. The minimum atomic E-state index is -0.585. The molecule has 3 aliphatic rings. The van der Waals surface area contributed by atoms with Crippen molar-refractivity contribution in [3.63, 3.8) is 0 Å². The van der Waals surface area contributed by atoms with Gasteiger partial charge in [-0.2, -0.15) is 0 Å². The SMILES string of the molecule is O=C1c2c(F)cc(C3CC3)cc2OCCN1c1cccc(-c2ncnc3[nH]c(-c4ccc(CN5CCOCC5)cn4)cc23)c1CO. The highest BCUT2D eigenvalue weighted by atomic mass is 19.1. The molecule has 1 aliphatic carbocycles. The summed E-state index contributed by atoms with van der Waals surface area (Å²) in [6, 6.07) is 14.7. The summed E-state index contributed by atoms with van der Waals surface area (Å²) in [6.45, 7) is 4.18. The van der Waals surface area contributed by atoms with Crippen molar-refractivity contribution in [2.45, 2.75) is 31.9 Å². The third kappa shape index (κ3) is 5.30. The molecule has 2 N–H and O–H groups in total. The van der Waals surface area contributed by atoms with E-state index >= 15 is 4.39 Å². The van der Waals surface area contributed by atoms with Crippen molar-refractivity contribution in [2.24, 2.45) is 0 Å². The van der Waals surface area contributed by atoms with Crippen LogP contribution in [0, 0.1) is 5.82 Å². The average molecular weight is 621 g/mol. The second kappa shape index (κ2) is 11.9. The Hall–Kier alpha value is -4.71. The van der Waals surface area contributed by atoms with E-state index in [4.69, 9.17) is 14.5 Å². The van der Waals surface area contributed by atoms with E-state index in [0.29, 0.717) is 34.1 Å². The number of amides is 1. The number of H-pyrrole nitrogens is 1. The molecule has 10 nitrogen and oxygen atoms in total. The van der Waals surface area contributed by atoms with E-state index in [9.17, 15) is 9.90 Å². The molecule has 11 heteroatoms. The maximum absolute atomic E-state index is 15.4. The highest BCUT2D eigenvalue weighted by Gasteiger charge is 2.33. The van der Waals surface area contributed by atoms with E-state index in [1.165, 1.54) is 17.3 Å². The Labute approximate surface area is 264 Å². The van der Waals surface area contributed by atoms with Crippen LogP contribution >= 0.6 is 0 Å². The predicted molar refractivity (Wildman–Crippen MR) is 170 cm³/mol. The molecule has 3 aromatic heterocycles. The molecule has 2 aliphatic heterocycles. The van der Waals surface area contributed by atoms with Gasteiger partial charge in [-0.05, 0) is 60.2 Å². The highest BCUT2D eigenvalue weighted by Crippen LogP contribution is 2.43. The number of aromatic amines is 1. The molecule has 234 valence electrons. The summed E-state index contributed by atoms with van der Waals surface area (Å²) in [5.74, 6) is -0.488. The number of nitrogens with one attached hydrogen (secondary N) is 1. The van der Waals surface area contributed by atoms with Gasteiger partial charge in [-0.15, -0.1) is 0 Å². The fourth-order valence-electron chi connectivity index (χ4n) is 6.49. The molecule has 0 unspecified atom stereocenters. The molecule has 8 rings (SSSR count). The first-order valence-corrected chi connectivity index (χ1v) is 15.7. The van der Waals surface area contributed by atoms with Gasteiger partial charge in [0.2, 0.25) is 0 Å². The smallest absolute Gasteiger partial charge is 0.265 e. The minimum absolute atomic E-state index is 0.0839. The topological polar surface area (TPSA) is 117 Å². The van der Waals surface area contributed by atoms with E-state index < -0.39 is 11.7 Å². The van der Waals surface area contributed by atoms with Crippen LogP contribution in [0.25, 0.3) is 33.7 Å². The van der Waals surface area contributed by atoms with Gasteiger partial charge in [-0.1, -0.05) is 18.2 Å². The molecule has 1 saturated carbocycles. The van der Waals surface area contributed by atoms with Crippen molar-refractivity contribution in [1.82, 2.24) is 24.8 Å². The second-order valence-corrected chi connectivity index (χ2v) is 12.0. The lowest BCUT2D eigenvalue weighted by molar-refractivity contribution is 0.0341. The molecule has 0 atom stereocenters. The van der Waals surface area contributed by atoms with Crippen LogP contribution in [0.4, 0.5) is 10.1 Å². The van der Waals surface area contributed by atoms with Crippen LogP contribution in [0.15, 0.2) is 61.1 Å². The number of ether oxygens (including phenoxy) is 2. The van der Waals surface area contributed by atoms with Gasteiger partial charge in [-0.25, -0.2) is 14.4 Å². The molecule has 0 radical (unpaired) electrons. The van der Waals surface area contributed by atoms with Crippen molar-refractivity contribution < 1.29 is 23.8 Å². The number of fused-ring (bicyclic) bond motifs is 2. The van der Waals surface area contributed by atoms with E-state index in [1.54, 1.807) is 12.1 Å². The molecule has 2 fully saturated rings. The Bertz CT molecular complexity index is 1930. The van der Waals surface area contributed by atoms with Crippen molar-refractivity contribution in [3.8, 4) is 28.4 Å². The third-order valence-electron chi connectivity index (χ3n) is 9.05. The van der Waals surface area contributed by atoms with Gasteiger partial charge in [0.05, 0.1) is 49.1 Å². The molecule has 0 spiro atoms. The number of carbonyl (C=O) groups is 1. The molecule has 5 heterocycles. The lowest BCUT2D eigenvalue weighted by atomic mass is 9.99. The van der Waals surface area contributed by atoms with Gasteiger partial charge in [0.15, 0.2) is 0 Å².